The monoisotopic (exact) mass is 432 g/mol. The fraction of sp³-hybridized carbons (Fsp3) is 0.522. The van der Waals surface area contributed by atoms with Crippen molar-refractivity contribution in [2.75, 3.05) is 19.8 Å². The number of likely N-dealkylation sites (tertiary alicyclic amines) is 1. The maximum absolute atomic E-state index is 12.9. The molecule has 1 aliphatic heterocycles. The molecule has 0 saturated carbocycles. The molecule has 0 spiro atoms. The molecule has 2 amide bonds. The van der Waals surface area contributed by atoms with Gasteiger partial charge >= 0.3 is 12.1 Å². The number of carbonyl (C=O) groups is 3. The van der Waals surface area contributed by atoms with Crippen LogP contribution in [-0.2, 0) is 30.4 Å². The largest absolute Gasteiger partial charge is 0.459 e. The third kappa shape index (κ3) is 8.05. The van der Waals surface area contributed by atoms with E-state index < -0.39 is 35.7 Å². The lowest BCUT2D eigenvalue weighted by Gasteiger charge is -2.28. The Morgan fingerprint density at radius 1 is 1.26 bits per heavy atom. The highest BCUT2D eigenvalue weighted by atomic mass is 16.6. The fourth-order valence-corrected chi connectivity index (χ4v) is 3.11. The van der Waals surface area contributed by atoms with Crippen molar-refractivity contribution in [3.63, 3.8) is 0 Å². The zero-order valence-corrected chi connectivity index (χ0v) is 18.5. The van der Waals surface area contributed by atoms with Crippen LogP contribution in [0.5, 0.6) is 0 Å². The Bertz CT molecular complexity index is 759. The number of nitrogens with one attached hydrogen (secondary N) is 1. The van der Waals surface area contributed by atoms with Crippen molar-refractivity contribution in [1.82, 2.24) is 10.2 Å². The Labute approximate surface area is 183 Å². The lowest BCUT2D eigenvalue weighted by atomic mass is 10.2. The highest BCUT2D eigenvalue weighted by Crippen LogP contribution is 2.21. The highest BCUT2D eigenvalue weighted by Gasteiger charge is 2.38. The second-order valence-corrected chi connectivity index (χ2v) is 8.31. The Morgan fingerprint density at radius 2 is 1.97 bits per heavy atom. The van der Waals surface area contributed by atoms with Crippen LogP contribution in [0.4, 0.5) is 4.79 Å². The standard InChI is InChI=1S/C23H32N2O6/c1-5-14-29-16-18(21(27)30-15-17-10-7-6-8-11-17)24-20(26)19-12-9-13-25(19)22(28)31-23(2,3)4/h5-8,10-11,18-19H,1,9,12-16H2,2-4H3,(H,24,26)/t18-,19-/m0/s1. The molecule has 0 aromatic heterocycles. The van der Waals surface area contributed by atoms with Crippen LogP contribution < -0.4 is 5.32 Å². The predicted molar refractivity (Wildman–Crippen MR) is 115 cm³/mol. The molecule has 1 aromatic carbocycles. The first-order chi connectivity index (χ1) is 14.7. The Kier molecular flexibility index (Phi) is 9.05. The molecular formula is C23H32N2O6. The van der Waals surface area contributed by atoms with E-state index in [0.717, 1.165) is 5.56 Å². The first-order valence-electron chi connectivity index (χ1n) is 10.4. The van der Waals surface area contributed by atoms with Gasteiger partial charge in [0.15, 0.2) is 6.04 Å². The summed E-state index contributed by atoms with van der Waals surface area (Å²) >= 11 is 0. The number of carbonyl (C=O) groups excluding carboxylic acids is 3. The number of hydrogen-bond acceptors (Lipinski definition) is 6. The minimum atomic E-state index is -1.00. The van der Waals surface area contributed by atoms with E-state index >= 15 is 0 Å². The number of nitrogens with zero attached hydrogens (tertiary/aromatic N) is 1. The van der Waals surface area contributed by atoms with Gasteiger partial charge in [-0.3, -0.25) is 9.69 Å². The van der Waals surface area contributed by atoms with Crippen molar-refractivity contribution in [3.8, 4) is 0 Å². The van der Waals surface area contributed by atoms with E-state index in [-0.39, 0.29) is 19.8 Å². The third-order valence-corrected chi connectivity index (χ3v) is 4.53. The SMILES string of the molecule is C=CCOC[C@H](NC(=O)[C@@H]1CCCN1C(=O)OC(C)(C)C)C(=O)OCc1ccccc1. The maximum atomic E-state index is 12.9. The summed E-state index contributed by atoms with van der Waals surface area (Å²) in [6.45, 7) is 9.55. The summed E-state index contributed by atoms with van der Waals surface area (Å²) in [7, 11) is 0. The normalized spacial score (nSPS) is 17.0. The first-order valence-corrected chi connectivity index (χ1v) is 10.4. The van der Waals surface area contributed by atoms with Gasteiger partial charge in [-0.05, 0) is 39.2 Å². The second kappa shape index (κ2) is 11.5. The van der Waals surface area contributed by atoms with E-state index in [2.05, 4.69) is 11.9 Å². The third-order valence-electron chi connectivity index (χ3n) is 4.53. The topological polar surface area (TPSA) is 94.2 Å². The van der Waals surface area contributed by atoms with Crippen molar-refractivity contribution in [3.05, 3.63) is 48.6 Å². The van der Waals surface area contributed by atoms with Gasteiger partial charge in [-0.2, -0.15) is 0 Å². The summed E-state index contributed by atoms with van der Waals surface area (Å²) in [5.74, 6) is -1.05. The van der Waals surface area contributed by atoms with Crippen LogP contribution in [0.2, 0.25) is 0 Å². The summed E-state index contributed by atoms with van der Waals surface area (Å²) in [6.07, 6.45) is 2.17. The summed E-state index contributed by atoms with van der Waals surface area (Å²) in [6, 6.07) is 7.53. The molecule has 2 atom stereocenters. The van der Waals surface area contributed by atoms with Gasteiger partial charge in [0, 0.05) is 6.54 Å². The molecule has 0 radical (unpaired) electrons. The number of esters is 1. The first kappa shape index (κ1) is 24.4. The molecule has 1 N–H and O–H groups in total. The van der Waals surface area contributed by atoms with Crippen molar-refractivity contribution < 1.29 is 28.6 Å². The van der Waals surface area contributed by atoms with E-state index in [1.165, 1.54) is 4.90 Å². The zero-order chi connectivity index (χ0) is 22.9. The zero-order valence-electron chi connectivity index (χ0n) is 18.5. The van der Waals surface area contributed by atoms with Crippen LogP contribution in [0.15, 0.2) is 43.0 Å². The van der Waals surface area contributed by atoms with E-state index in [9.17, 15) is 14.4 Å². The van der Waals surface area contributed by atoms with Gasteiger partial charge in [0.05, 0.1) is 13.2 Å². The van der Waals surface area contributed by atoms with Gasteiger partial charge in [0.1, 0.15) is 18.2 Å². The number of hydrogen-bond donors (Lipinski definition) is 1. The van der Waals surface area contributed by atoms with Crippen molar-refractivity contribution >= 4 is 18.0 Å². The molecule has 2 rings (SSSR count). The summed E-state index contributed by atoms with van der Waals surface area (Å²) in [4.78, 5) is 39.4. The molecule has 8 nitrogen and oxygen atoms in total. The molecule has 31 heavy (non-hydrogen) atoms. The van der Waals surface area contributed by atoms with Crippen LogP contribution >= 0.6 is 0 Å². The quantitative estimate of drug-likeness (QED) is 0.366. The average molecular weight is 433 g/mol. The van der Waals surface area contributed by atoms with Gasteiger partial charge in [-0.1, -0.05) is 36.4 Å². The van der Waals surface area contributed by atoms with Gasteiger partial charge in [-0.25, -0.2) is 9.59 Å². The lowest BCUT2D eigenvalue weighted by molar-refractivity contribution is -0.151. The van der Waals surface area contributed by atoms with E-state index in [1.54, 1.807) is 26.8 Å². The molecule has 170 valence electrons. The molecule has 1 fully saturated rings. The Balaban J connectivity index is 2.01. The molecule has 8 heteroatoms. The highest BCUT2D eigenvalue weighted by molar-refractivity contribution is 5.90. The predicted octanol–water partition coefficient (Wildman–Crippen LogP) is 2.82. The van der Waals surface area contributed by atoms with Crippen molar-refractivity contribution in [2.45, 2.75) is 57.9 Å². The van der Waals surface area contributed by atoms with Gasteiger partial charge in [0.25, 0.3) is 0 Å². The summed E-state index contributed by atoms with van der Waals surface area (Å²) in [5, 5.41) is 2.68. The lowest BCUT2D eigenvalue weighted by Crippen LogP contribution is -2.53. The molecule has 0 aliphatic carbocycles. The molecule has 0 unspecified atom stereocenters. The number of ether oxygens (including phenoxy) is 3. The minimum absolute atomic E-state index is 0.0649. The van der Waals surface area contributed by atoms with Gasteiger partial charge < -0.3 is 19.5 Å². The minimum Gasteiger partial charge on any atom is -0.459 e. The van der Waals surface area contributed by atoms with Crippen LogP contribution in [-0.4, -0.2) is 60.3 Å². The Hall–Kier alpha value is -2.87. The molecule has 0 bridgehead atoms. The molecule has 1 saturated heterocycles. The number of rotatable bonds is 9. The maximum Gasteiger partial charge on any atom is 0.410 e. The van der Waals surface area contributed by atoms with Crippen molar-refractivity contribution in [2.24, 2.45) is 0 Å². The van der Waals surface area contributed by atoms with Gasteiger partial charge in [0.2, 0.25) is 5.91 Å². The smallest absolute Gasteiger partial charge is 0.410 e. The van der Waals surface area contributed by atoms with E-state index in [1.807, 2.05) is 30.3 Å². The number of benzene rings is 1. The van der Waals surface area contributed by atoms with Crippen molar-refractivity contribution in [1.29, 1.82) is 0 Å². The number of amides is 2. The summed E-state index contributed by atoms with van der Waals surface area (Å²) < 4.78 is 16.1. The Morgan fingerprint density at radius 3 is 2.61 bits per heavy atom. The average Bonchev–Trinajstić information content (AvgIpc) is 3.21. The molecule has 1 aliphatic rings. The molecule has 1 aromatic rings. The second-order valence-electron chi connectivity index (χ2n) is 8.31. The molecule has 1 heterocycles. The fourth-order valence-electron chi connectivity index (χ4n) is 3.11. The summed E-state index contributed by atoms with van der Waals surface area (Å²) in [5.41, 5.74) is 0.169. The van der Waals surface area contributed by atoms with Crippen LogP contribution in [0.25, 0.3) is 0 Å². The van der Waals surface area contributed by atoms with Crippen LogP contribution in [0, 0.1) is 0 Å². The molecular weight excluding hydrogens is 400 g/mol. The van der Waals surface area contributed by atoms with Gasteiger partial charge in [-0.15, -0.1) is 6.58 Å². The van der Waals surface area contributed by atoms with E-state index in [0.29, 0.717) is 19.4 Å². The van der Waals surface area contributed by atoms with Crippen LogP contribution in [0.3, 0.4) is 0 Å². The van der Waals surface area contributed by atoms with E-state index in [4.69, 9.17) is 14.2 Å². The van der Waals surface area contributed by atoms with Crippen LogP contribution in [0.1, 0.15) is 39.2 Å².